The second-order valence-corrected chi connectivity index (χ2v) is 8.62. The fraction of sp³-hybridized carbons (Fsp3) is 0.152. The first-order valence-corrected chi connectivity index (χ1v) is 11.7. The molecule has 33 heavy (non-hydrogen) atoms. The Kier molecular flexibility index (Phi) is 6.75. The number of hydrogen-bond donors (Lipinski definition) is 0. The van der Waals surface area contributed by atoms with E-state index in [4.69, 9.17) is 0 Å². The summed E-state index contributed by atoms with van der Waals surface area (Å²) in [6, 6.07) is 10.9. The first kappa shape index (κ1) is 22.6. The van der Waals surface area contributed by atoms with Gasteiger partial charge in [-0.2, -0.15) is 0 Å². The lowest BCUT2D eigenvalue weighted by atomic mass is 9.62. The first-order chi connectivity index (χ1) is 16.1. The van der Waals surface area contributed by atoms with Crippen molar-refractivity contribution in [1.29, 1.82) is 0 Å². The molecule has 1 aromatic carbocycles. The SMILES string of the molecule is C=CC1=C(/C=C\C)C(c2ccccc2)(C2C=CC=CC=C2)C2=C1C(=C)/C=C\C(C)=C/C/C=C\2. The van der Waals surface area contributed by atoms with E-state index in [0.717, 1.165) is 17.6 Å². The van der Waals surface area contributed by atoms with Crippen LogP contribution in [0, 0.1) is 5.92 Å². The minimum Gasteiger partial charge on any atom is -0.0984 e. The van der Waals surface area contributed by atoms with Gasteiger partial charge in [-0.3, -0.25) is 0 Å². The van der Waals surface area contributed by atoms with E-state index in [1.165, 1.54) is 27.9 Å². The van der Waals surface area contributed by atoms with E-state index in [0.29, 0.717) is 0 Å². The molecule has 0 spiro atoms. The van der Waals surface area contributed by atoms with Gasteiger partial charge < -0.3 is 0 Å². The van der Waals surface area contributed by atoms with Crippen LogP contribution in [0.1, 0.15) is 25.8 Å². The fourth-order valence-electron chi connectivity index (χ4n) is 5.23. The van der Waals surface area contributed by atoms with Crippen molar-refractivity contribution in [2.24, 2.45) is 5.92 Å². The van der Waals surface area contributed by atoms with Crippen molar-refractivity contribution in [2.45, 2.75) is 25.7 Å². The molecule has 0 heteroatoms. The van der Waals surface area contributed by atoms with Crippen LogP contribution in [0.5, 0.6) is 0 Å². The predicted molar refractivity (Wildman–Crippen MR) is 144 cm³/mol. The minimum absolute atomic E-state index is 0.130. The Balaban J connectivity index is 2.15. The van der Waals surface area contributed by atoms with Crippen LogP contribution >= 0.6 is 0 Å². The Morgan fingerprint density at radius 2 is 1.70 bits per heavy atom. The normalized spacial score (nSPS) is 26.8. The number of hydrogen-bond acceptors (Lipinski definition) is 0. The van der Waals surface area contributed by atoms with Gasteiger partial charge in [0.25, 0.3) is 0 Å². The van der Waals surface area contributed by atoms with Crippen molar-refractivity contribution in [2.75, 3.05) is 0 Å². The highest BCUT2D eigenvalue weighted by molar-refractivity contribution is 5.76. The topological polar surface area (TPSA) is 0 Å². The lowest BCUT2D eigenvalue weighted by Crippen LogP contribution is -2.35. The van der Waals surface area contributed by atoms with Crippen molar-refractivity contribution in [3.63, 3.8) is 0 Å². The summed E-state index contributed by atoms with van der Waals surface area (Å²) in [4.78, 5) is 0. The molecule has 0 aromatic heterocycles. The van der Waals surface area contributed by atoms with Crippen LogP contribution in [0.25, 0.3) is 0 Å². The standard InChI is InChI=1S/C33H32/c1-5-16-30-29(6-2)32-26(4)24-23-25(3)17-14-15-22-31(32)33(30,28-20-12-9-13-21-28)27-18-10-7-8-11-19-27/h5-13,15-24,27H,2,4,14H2,1,3H3/b16-5-,22-15-,24-23-,25-17-. The maximum absolute atomic E-state index is 4.52. The third kappa shape index (κ3) is 3.98. The third-order valence-corrected chi connectivity index (χ3v) is 6.64. The fourth-order valence-corrected chi connectivity index (χ4v) is 5.23. The zero-order chi connectivity index (χ0) is 23.3. The molecule has 0 nitrogen and oxygen atoms in total. The third-order valence-electron chi connectivity index (χ3n) is 6.64. The maximum atomic E-state index is 4.52. The Morgan fingerprint density at radius 3 is 2.36 bits per heavy atom. The summed E-state index contributed by atoms with van der Waals surface area (Å²) in [5.74, 6) is 0.130. The van der Waals surface area contributed by atoms with Gasteiger partial charge in [-0.15, -0.1) is 0 Å². The number of benzene rings is 1. The minimum atomic E-state index is -0.392. The Labute approximate surface area is 199 Å². The van der Waals surface area contributed by atoms with Gasteiger partial charge in [0.2, 0.25) is 0 Å². The maximum Gasteiger partial charge on any atom is 0.0560 e. The van der Waals surface area contributed by atoms with E-state index in [2.05, 4.69) is 136 Å². The van der Waals surface area contributed by atoms with Gasteiger partial charge in [-0.25, -0.2) is 0 Å². The lowest BCUT2D eigenvalue weighted by molar-refractivity contribution is 0.528. The van der Waals surface area contributed by atoms with Crippen molar-refractivity contribution in [3.8, 4) is 0 Å². The molecule has 0 N–H and O–H groups in total. The van der Waals surface area contributed by atoms with E-state index >= 15 is 0 Å². The molecule has 3 aliphatic carbocycles. The molecule has 0 saturated heterocycles. The molecule has 0 fully saturated rings. The summed E-state index contributed by atoms with van der Waals surface area (Å²) in [5.41, 5.74) is 8.02. The van der Waals surface area contributed by atoms with E-state index in [1.807, 2.05) is 6.08 Å². The largest absolute Gasteiger partial charge is 0.0984 e. The van der Waals surface area contributed by atoms with E-state index in [9.17, 15) is 0 Å². The lowest BCUT2D eigenvalue weighted by Gasteiger charge is -2.40. The van der Waals surface area contributed by atoms with Crippen LogP contribution in [0.2, 0.25) is 0 Å². The molecule has 1 unspecified atom stereocenters. The van der Waals surface area contributed by atoms with Crippen molar-refractivity contribution in [1.82, 2.24) is 0 Å². The Bertz CT molecular complexity index is 1200. The summed E-state index contributed by atoms with van der Waals surface area (Å²) in [6.07, 6.45) is 31.7. The summed E-state index contributed by atoms with van der Waals surface area (Å²) in [5, 5.41) is 0. The molecule has 1 aromatic rings. The van der Waals surface area contributed by atoms with Gasteiger partial charge in [-0.1, -0.05) is 134 Å². The van der Waals surface area contributed by atoms with Crippen LogP contribution in [0.4, 0.5) is 0 Å². The first-order valence-electron chi connectivity index (χ1n) is 11.7. The van der Waals surface area contributed by atoms with Crippen LogP contribution in [-0.4, -0.2) is 0 Å². The number of allylic oxidation sites excluding steroid dienone is 20. The highest BCUT2D eigenvalue weighted by Crippen LogP contribution is 2.57. The molecule has 0 bridgehead atoms. The predicted octanol–water partition coefficient (Wildman–Crippen LogP) is 8.61. The Morgan fingerprint density at radius 1 is 0.970 bits per heavy atom. The van der Waals surface area contributed by atoms with Gasteiger partial charge in [0.15, 0.2) is 0 Å². The molecule has 0 radical (unpaired) electrons. The summed E-state index contributed by atoms with van der Waals surface area (Å²) in [6.45, 7) is 13.0. The average molecular weight is 429 g/mol. The van der Waals surface area contributed by atoms with Crippen LogP contribution in [-0.2, 0) is 5.41 Å². The monoisotopic (exact) mass is 428 g/mol. The highest BCUT2D eigenvalue weighted by atomic mass is 14.5. The molecule has 0 aliphatic heterocycles. The smallest absolute Gasteiger partial charge is 0.0560 e. The van der Waals surface area contributed by atoms with Gasteiger partial charge in [-0.05, 0) is 53.7 Å². The number of rotatable bonds is 4. The van der Waals surface area contributed by atoms with Gasteiger partial charge in [0.1, 0.15) is 0 Å². The molecule has 4 rings (SSSR count). The molecular weight excluding hydrogens is 396 g/mol. The van der Waals surface area contributed by atoms with Crippen molar-refractivity contribution in [3.05, 3.63) is 168 Å². The summed E-state index contributed by atoms with van der Waals surface area (Å²) in [7, 11) is 0. The zero-order valence-electron chi connectivity index (χ0n) is 19.7. The summed E-state index contributed by atoms with van der Waals surface area (Å²) < 4.78 is 0. The second-order valence-electron chi connectivity index (χ2n) is 8.62. The van der Waals surface area contributed by atoms with Gasteiger partial charge in [0.05, 0.1) is 5.41 Å². The Hall–Kier alpha value is -3.64. The van der Waals surface area contributed by atoms with Gasteiger partial charge in [0, 0.05) is 5.92 Å². The van der Waals surface area contributed by atoms with Crippen LogP contribution in [0.15, 0.2) is 162 Å². The highest BCUT2D eigenvalue weighted by Gasteiger charge is 2.49. The van der Waals surface area contributed by atoms with Crippen LogP contribution < -0.4 is 0 Å². The van der Waals surface area contributed by atoms with E-state index < -0.39 is 5.41 Å². The molecule has 1 atom stereocenters. The van der Waals surface area contributed by atoms with Crippen molar-refractivity contribution >= 4 is 0 Å². The molecule has 0 heterocycles. The molecule has 164 valence electrons. The molecule has 0 amide bonds. The van der Waals surface area contributed by atoms with E-state index in [-0.39, 0.29) is 5.92 Å². The zero-order valence-corrected chi connectivity index (χ0v) is 19.7. The van der Waals surface area contributed by atoms with Crippen LogP contribution in [0.3, 0.4) is 0 Å². The van der Waals surface area contributed by atoms with Gasteiger partial charge >= 0.3 is 0 Å². The molecule has 3 aliphatic rings. The van der Waals surface area contributed by atoms with Crippen molar-refractivity contribution < 1.29 is 0 Å². The summed E-state index contributed by atoms with van der Waals surface area (Å²) >= 11 is 0. The quantitative estimate of drug-likeness (QED) is 0.450. The van der Waals surface area contributed by atoms with E-state index in [1.54, 1.807) is 0 Å². The average Bonchev–Trinajstić information content (AvgIpc) is 2.97. The molecular formula is C33H32. The second kappa shape index (κ2) is 9.88. The molecule has 0 saturated carbocycles.